The molecule has 0 aliphatic carbocycles. The highest BCUT2D eigenvalue weighted by Crippen LogP contribution is 2.28. The first kappa shape index (κ1) is 24.3. The molecule has 0 bridgehead atoms. The molecule has 0 aromatic heterocycles. The molecule has 1 aromatic rings. The van der Waals surface area contributed by atoms with E-state index in [1.807, 2.05) is 26.8 Å². The number of benzene rings is 1. The van der Waals surface area contributed by atoms with Gasteiger partial charge in [-0.15, -0.1) is 0 Å². The molecule has 32 heavy (non-hydrogen) atoms. The molecule has 1 aromatic carbocycles. The van der Waals surface area contributed by atoms with Crippen molar-refractivity contribution in [3.63, 3.8) is 0 Å². The van der Waals surface area contributed by atoms with E-state index in [2.05, 4.69) is 0 Å². The molecule has 176 valence electrons. The average molecular weight is 467 g/mol. The van der Waals surface area contributed by atoms with Crippen molar-refractivity contribution < 1.29 is 27.4 Å². The zero-order chi connectivity index (χ0) is 23.3. The van der Waals surface area contributed by atoms with E-state index in [4.69, 9.17) is 19.5 Å². The van der Waals surface area contributed by atoms with Gasteiger partial charge in [0.1, 0.15) is 0 Å². The molecule has 2 heterocycles. The Bertz CT molecular complexity index is 946. The monoisotopic (exact) mass is 466 g/mol. The van der Waals surface area contributed by atoms with Crippen LogP contribution < -0.4 is 9.47 Å². The van der Waals surface area contributed by atoms with Gasteiger partial charge in [-0.3, -0.25) is 4.79 Å². The fourth-order valence-electron chi connectivity index (χ4n) is 3.85. The second-order valence-electron chi connectivity index (χ2n) is 7.86. The molecule has 0 unspecified atom stereocenters. The fourth-order valence-corrected chi connectivity index (χ4v) is 5.59. The summed E-state index contributed by atoms with van der Waals surface area (Å²) in [7, 11) is -3.60. The second-order valence-corrected chi connectivity index (χ2v) is 9.79. The summed E-state index contributed by atoms with van der Waals surface area (Å²) in [6.45, 7) is 7.45. The highest BCUT2D eigenvalue weighted by Gasteiger charge is 2.37. The lowest BCUT2D eigenvalue weighted by Crippen LogP contribution is -2.58. The van der Waals surface area contributed by atoms with Crippen molar-refractivity contribution in [2.45, 2.75) is 33.0 Å². The maximum absolute atomic E-state index is 13.0. The normalized spacial score (nSPS) is 22.9. The van der Waals surface area contributed by atoms with E-state index < -0.39 is 10.2 Å². The Labute approximate surface area is 189 Å². The van der Waals surface area contributed by atoms with Gasteiger partial charge in [0.2, 0.25) is 0 Å². The molecular formula is C21H30N4O6S. The molecule has 0 N–H and O–H groups in total. The summed E-state index contributed by atoms with van der Waals surface area (Å²) >= 11 is 0. The molecule has 2 saturated heterocycles. The number of rotatable bonds is 7. The Kier molecular flexibility index (Phi) is 7.95. The maximum atomic E-state index is 13.0. The summed E-state index contributed by atoms with van der Waals surface area (Å²) in [4.78, 5) is 14.2. The van der Waals surface area contributed by atoms with Crippen molar-refractivity contribution in [3.8, 4) is 17.6 Å². The maximum Gasteiger partial charge on any atom is 0.282 e. The first-order valence-electron chi connectivity index (χ1n) is 10.7. The van der Waals surface area contributed by atoms with Gasteiger partial charge >= 0.3 is 0 Å². The topological polar surface area (TPSA) is 112 Å². The van der Waals surface area contributed by atoms with Gasteiger partial charge in [-0.25, -0.2) is 0 Å². The van der Waals surface area contributed by atoms with Crippen LogP contribution in [0.4, 0.5) is 0 Å². The fraction of sp³-hybridized carbons (Fsp3) is 0.619. The number of carbonyl (C=O) groups is 1. The number of ether oxygens (including phenoxy) is 3. The van der Waals surface area contributed by atoms with Crippen molar-refractivity contribution in [2.75, 3.05) is 52.5 Å². The lowest BCUT2D eigenvalue weighted by Gasteiger charge is -2.40. The van der Waals surface area contributed by atoms with Crippen LogP contribution in [0.2, 0.25) is 0 Å². The molecule has 2 fully saturated rings. The zero-order valence-electron chi connectivity index (χ0n) is 18.7. The van der Waals surface area contributed by atoms with E-state index in [9.17, 15) is 13.2 Å². The van der Waals surface area contributed by atoms with Crippen LogP contribution in [0.1, 0.15) is 26.3 Å². The third kappa shape index (κ3) is 5.69. The Morgan fingerprint density at radius 1 is 1.09 bits per heavy atom. The Hall–Kier alpha value is -2.39. The van der Waals surface area contributed by atoms with Crippen LogP contribution in [0.5, 0.6) is 11.5 Å². The Morgan fingerprint density at radius 2 is 1.75 bits per heavy atom. The summed E-state index contributed by atoms with van der Waals surface area (Å²) in [6, 6.07) is 6.81. The minimum Gasteiger partial charge on any atom is -0.490 e. The highest BCUT2D eigenvalue weighted by atomic mass is 32.2. The van der Waals surface area contributed by atoms with Gasteiger partial charge in [0.25, 0.3) is 16.1 Å². The van der Waals surface area contributed by atoms with Gasteiger partial charge in [-0.1, -0.05) is 0 Å². The van der Waals surface area contributed by atoms with Gasteiger partial charge in [0, 0.05) is 45.3 Å². The molecule has 10 nitrogen and oxygen atoms in total. The number of morpholine rings is 1. The summed E-state index contributed by atoms with van der Waals surface area (Å²) in [6.07, 6.45) is -0.310. The predicted molar refractivity (Wildman–Crippen MR) is 116 cm³/mol. The van der Waals surface area contributed by atoms with Crippen molar-refractivity contribution in [3.05, 3.63) is 23.8 Å². The molecule has 0 spiro atoms. The van der Waals surface area contributed by atoms with Crippen molar-refractivity contribution in [1.29, 1.82) is 5.26 Å². The van der Waals surface area contributed by atoms with E-state index in [1.165, 1.54) is 8.61 Å². The number of carbonyl (C=O) groups excluding carboxylic acids is 1. The Morgan fingerprint density at radius 3 is 2.34 bits per heavy atom. The first-order valence-corrected chi connectivity index (χ1v) is 12.1. The van der Waals surface area contributed by atoms with E-state index in [-0.39, 0.29) is 37.8 Å². The van der Waals surface area contributed by atoms with Crippen LogP contribution in [-0.4, -0.2) is 92.5 Å². The molecule has 0 saturated carbocycles. The third-order valence-electron chi connectivity index (χ3n) is 5.35. The zero-order valence-corrected chi connectivity index (χ0v) is 19.5. The molecular weight excluding hydrogens is 436 g/mol. The lowest BCUT2D eigenvalue weighted by molar-refractivity contribution is -0.134. The van der Waals surface area contributed by atoms with E-state index >= 15 is 0 Å². The number of nitrogens with zero attached hydrogens (tertiary/aromatic N) is 4. The van der Waals surface area contributed by atoms with E-state index in [0.29, 0.717) is 49.8 Å². The van der Waals surface area contributed by atoms with Gasteiger partial charge < -0.3 is 19.1 Å². The molecule has 3 rings (SSSR count). The Balaban J connectivity index is 1.54. The van der Waals surface area contributed by atoms with Gasteiger partial charge in [0.05, 0.1) is 30.4 Å². The lowest BCUT2D eigenvalue weighted by atomic mass is 10.2. The van der Waals surface area contributed by atoms with Crippen LogP contribution in [-0.2, 0) is 19.7 Å². The smallest absolute Gasteiger partial charge is 0.282 e. The molecule has 2 aliphatic rings. The standard InChI is InChI=1S/C21H30N4O6S/c1-4-29-20-11-18(12-22)5-6-19(20)30-15-21(26)23-7-9-24(10-8-23)32(27,28)25-13-16(2)31-17(3)14-25/h5-6,11,16-17H,4,7-10,13-15H2,1-3H3/t16-,17-/m1/s1. The molecule has 2 atom stereocenters. The number of nitriles is 1. The van der Waals surface area contributed by atoms with Crippen LogP contribution in [0.15, 0.2) is 18.2 Å². The summed E-state index contributed by atoms with van der Waals surface area (Å²) in [5.74, 6) is 0.558. The van der Waals surface area contributed by atoms with E-state index in [0.717, 1.165) is 0 Å². The number of hydrogen-bond acceptors (Lipinski definition) is 7. The quantitative estimate of drug-likeness (QED) is 0.585. The molecule has 2 aliphatic heterocycles. The number of hydrogen-bond donors (Lipinski definition) is 0. The van der Waals surface area contributed by atoms with Crippen LogP contribution in [0.3, 0.4) is 0 Å². The van der Waals surface area contributed by atoms with E-state index in [1.54, 1.807) is 23.1 Å². The molecule has 11 heteroatoms. The SMILES string of the molecule is CCOc1cc(C#N)ccc1OCC(=O)N1CCN(S(=O)(=O)N2C[C@@H](C)O[C@H](C)C2)CC1. The van der Waals surface area contributed by atoms with Gasteiger partial charge in [-0.2, -0.15) is 22.3 Å². The number of amides is 1. The minimum absolute atomic E-state index is 0.155. The minimum atomic E-state index is -3.60. The third-order valence-corrected chi connectivity index (χ3v) is 7.32. The van der Waals surface area contributed by atoms with Crippen LogP contribution in [0.25, 0.3) is 0 Å². The summed E-state index contributed by atoms with van der Waals surface area (Å²) in [5.41, 5.74) is 0.438. The van der Waals surface area contributed by atoms with Crippen molar-refractivity contribution >= 4 is 16.1 Å². The highest BCUT2D eigenvalue weighted by molar-refractivity contribution is 7.86. The van der Waals surface area contributed by atoms with Crippen molar-refractivity contribution in [1.82, 2.24) is 13.5 Å². The van der Waals surface area contributed by atoms with Gasteiger partial charge in [0.15, 0.2) is 18.1 Å². The van der Waals surface area contributed by atoms with Crippen LogP contribution in [0, 0.1) is 11.3 Å². The van der Waals surface area contributed by atoms with Crippen LogP contribution >= 0.6 is 0 Å². The second kappa shape index (κ2) is 10.5. The largest absolute Gasteiger partial charge is 0.490 e. The summed E-state index contributed by atoms with van der Waals surface area (Å²) in [5, 5.41) is 9.03. The van der Waals surface area contributed by atoms with Crippen molar-refractivity contribution in [2.24, 2.45) is 0 Å². The summed E-state index contributed by atoms with van der Waals surface area (Å²) < 4.78 is 45.7. The molecule has 0 radical (unpaired) electrons. The molecule has 1 amide bonds. The average Bonchev–Trinajstić information content (AvgIpc) is 2.77. The van der Waals surface area contributed by atoms with Gasteiger partial charge in [-0.05, 0) is 32.9 Å². The first-order chi connectivity index (χ1) is 15.2. The number of piperazine rings is 1. The predicted octanol–water partition coefficient (Wildman–Crippen LogP) is 0.834.